The number of hydrogen-bond donors (Lipinski definition) is 0. The Hall–Kier alpha value is -1.91. The molecule has 0 aromatic heterocycles. The monoisotopic (exact) mass is 307 g/mol. The predicted octanol–water partition coefficient (Wildman–Crippen LogP) is 3.08. The van der Waals surface area contributed by atoms with E-state index in [0.717, 1.165) is 12.8 Å². The first-order chi connectivity index (χ1) is 10.4. The van der Waals surface area contributed by atoms with Crippen molar-refractivity contribution in [1.29, 1.82) is 0 Å². The van der Waals surface area contributed by atoms with Crippen LogP contribution in [0.25, 0.3) is 0 Å². The molecule has 0 radical (unpaired) electrons. The summed E-state index contributed by atoms with van der Waals surface area (Å²) in [5.41, 5.74) is -0.134. The van der Waals surface area contributed by atoms with Gasteiger partial charge in [-0.05, 0) is 63.8 Å². The van der Waals surface area contributed by atoms with Crippen molar-refractivity contribution in [1.82, 2.24) is 4.90 Å². The molecule has 1 amide bonds. The van der Waals surface area contributed by atoms with Gasteiger partial charge in [0, 0.05) is 12.1 Å². The van der Waals surface area contributed by atoms with Crippen molar-refractivity contribution in [3.63, 3.8) is 0 Å². The highest BCUT2D eigenvalue weighted by molar-refractivity contribution is 5.98. The van der Waals surface area contributed by atoms with E-state index >= 15 is 0 Å². The highest BCUT2D eigenvalue weighted by atomic mass is 19.1. The molecular weight excluding hydrogens is 285 g/mol. The molecule has 1 unspecified atom stereocenters. The molecule has 4 nitrogen and oxygen atoms in total. The molecule has 0 bridgehead atoms. The fourth-order valence-corrected chi connectivity index (χ4v) is 2.88. The number of aryl methyl sites for hydroxylation is 1. The summed E-state index contributed by atoms with van der Waals surface area (Å²) in [5.74, 6) is -0.969. The average Bonchev–Trinajstić information content (AvgIpc) is 2.50. The van der Waals surface area contributed by atoms with Crippen LogP contribution >= 0.6 is 0 Å². The lowest BCUT2D eigenvalue weighted by molar-refractivity contribution is -0.157. The van der Waals surface area contributed by atoms with Crippen molar-refractivity contribution in [3.05, 3.63) is 35.1 Å². The molecule has 1 heterocycles. The van der Waals surface area contributed by atoms with E-state index in [-0.39, 0.29) is 24.3 Å². The van der Waals surface area contributed by atoms with Crippen LogP contribution in [-0.4, -0.2) is 35.5 Å². The number of benzene rings is 1. The van der Waals surface area contributed by atoms with E-state index < -0.39 is 5.54 Å². The maximum absolute atomic E-state index is 13.4. The summed E-state index contributed by atoms with van der Waals surface area (Å²) in [6.45, 7) is 5.90. The third-order valence-corrected chi connectivity index (χ3v) is 4.26. The lowest BCUT2D eigenvalue weighted by atomic mass is 9.87. The van der Waals surface area contributed by atoms with Gasteiger partial charge in [0.25, 0.3) is 5.91 Å². The van der Waals surface area contributed by atoms with Gasteiger partial charge in [0.05, 0.1) is 6.61 Å². The Morgan fingerprint density at radius 2 is 2.09 bits per heavy atom. The quantitative estimate of drug-likeness (QED) is 0.806. The highest BCUT2D eigenvalue weighted by Crippen LogP contribution is 2.31. The van der Waals surface area contributed by atoms with Gasteiger partial charge in [-0.25, -0.2) is 9.18 Å². The number of piperidine rings is 1. The fourth-order valence-electron chi connectivity index (χ4n) is 2.88. The summed E-state index contributed by atoms with van der Waals surface area (Å²) >= 11 is 0. The zero-order valence-electron chi connectivity index (χ0n) is 13.3. The van der Waals surface area contributed by atoms with Crippen LogP contribution in [0.1, 0.15) is 49.0 Å². The summed E-state index contributed by atoms with van der Waals surface area (Å²) < 4.78 is 18.5. The minimum Gasteiger partial charge on any atom is -0.464 e. The number of hydrogen-bond acceptors (Lipinski definition) is 3. The lowest BCUT2D eigenvalue weighted by Crippen LogP contribution is -2.58. The molecule has 22 heavy (non-hydrogen) atoms. The molecule has 1 fully saturated rings. The largest absolute Gasteiger partial charge is 0.464 e. The minimum atomic E-state index is -0.951. The first kappa shape index (κ1) is 16.5. The van der Waals surface area contributed by atoms with E-state index in [1.165, 1.54) is 18.2 Å². The Balaban J connectivity index is 2.32. The second kappa shape index (κ2) is 6.46. The summed E-state index contributed by atoms with van der Waals surface area (Å²) in [6, 6.07) is 4.27. The number of rotatable bonds is 3. The van der Waals surface area contributed by atoms with Crippen LogP contribution in [0, 0.1) is 12.7 Å². The summed E-state index contributed by atoms with van der Waals surface area (Å²) in [4.78, 5) is 26.7. The van der Waals surface area contributed by atoms with Crippen LogP contribution < -0.4 is 0 Å². The smallest absolute Gasteiger partial charge is 0.331 e. The maximum Gasteiger partial charge on any atom is 0.331 e. The minimum absolute atomic E-state index is 0.252. The van der Waals surface area contributed by atoms with E-state index in [0.29, 0.717) is 24.1 Å². The van der Waals surface area contributed by atoms with Crippen molar-refractivity contribution in [3.8, 4) is 0 Å². The van der Waals surface area contributed by atoms with Gasteiger partial charge >= 0.3 is 5.97 Å². The molecule has 1 aromatic rings. The fraction of sp³-hybridized carbons (Fsp3) is 0.529. The third kappa shape index (κ3) is 2.98. The van der Waals surface area contributed by atoms with Crippen molar-refractivity contribution in [2.75, 3.05) is 13.2 Å². The normalized spacial score (nSPS) is 21.5. The molecule has 0 aliphatic carbocycles. The van der Waals surface area contributed by atoms with Gasteiger partial charge in [0.2, 0.25) is 0 Å². The second-order valence-electron chi connectivity index (χ2n) is 5.87. The van der Waals surface area contributed by atoms with E-state index in [9.17, 15) is 14.0 Å². The number of ether oxygens (including phenoxy) is 1. The van der Waals surface area contributed by atoms with Crippen molar-refractivity contribution >= 4 is 11.9 Å². The van der Waals surface area contributed by atoms with E-state index in [4.69, 9.17) is 4.74 Å². The number of amides is 1. The van der Waals surface area contributed by atoms with Crippen molar-refractivity contribution < 1.29 is 18.7 Å². The molecule has 1 saturated heterocycles. The molecule has 0 N–H and O–H groups in total. The first-order valence-electron chi connectivity index (χ1n) is 7.65. The van der Waals surface area contributed by atoms with Crippen molar-refractivity contribution in [2.24, 2.45) is 0 Å². The molecule has 1 aliphatic heterocycles. The van der Waals surface area contributed by atoms with Gasteiger partial charge < -0.3 is 9.64 Å². The number of esters is 1. The molecule has 5 heteroatoms. The summed E-state index contributed by atoms with van der Waals surface area (Å²) in [7, 11) is 0. The Labute approximate surface area is 130 Å². The molecule has 0 saturated carbocycles. The number of nitrogens with zero attached hydrogens (tertiary/aromatic N) is 1. The van der Waals surface area contributed by atoms with E-state index in [1.54, 1.807) is 25.7 Å². The molecular formula is C17H22FNO3. The number of likely N-dealkylation sites (tertiary alicyclic amines) is 1. The third-order valence-electron chi connectivity index (χ3n) is 4.26. The zero-order valence-corrected chi connectivity index (χ0v) is 13.3. The van der Waals surface area contributed by atoms with E-state index in [2.05, 4.69) is 0 Å². The lowest BCUT2D eigenvalue weighted by Gasteiger charge is -2.42. The Kier molecular flexibility index (Phi) is 4.84. The highest BCUT2D eigenvalue weighted by Gasteiger charge is 2.45. The molecule has 120 valence electrons. The first-order valence-corrected chi connectivity index (χ1v) is 7.65. The topological polar surface area (TPSA) is 46.6 Å². The maximum atomic E-state index is 13.4. The van der Waals surface area contributed by atoms with Crippen LogP contribution in [-0.2, 0) is 9.53 Å². The number of carbonyl (C=O) groups is 2. The number of halogens is 1. The van der Waals surface area contributed by atoms with E-state index in [1.807, 2.05) is 0 Å². The van der Waals surface area contributed by atoms with Gasteiger partial charge in [-0.2, -0.15) is 0 Å². The second-order valence-corrected chi connectivity index (χ2v) is 5.87. The predicted molar refractivity (Wildman–Crippen MR) is 81.1 cm³/mol. The molecule has 0 spiro atoms. The molecule has 1 aliphatic rings. The molecule has 2 rings (SSSR count). The van der Waals surface area contributed by atoms with Crippen LogP contribution in [0.5, 0.6) is 0 Å². The van der Waals surface area contributed by atoms with Gasteiger partial charge in [-0.1, -0.05) is 0 Å². The number of carbonyl (C=O) groups excluding carboxylic acids is 2. The van der Waals surface area contributed by atoms with Gasteiger partial charge in [0.1, 0.15) is 11.4 Å². The van der Waals surface area contributed by atoms with Gasteiger partial charge in [-0.15, -0.1) is 0 Å². The van der Waals surface area contributed by atoms with Crippen LogP contribution in [0.4, 0.5) is 4.39 Å². The van der Waals surface area contributed by atoms with Gasteiger partial charge in [0.15, 0.2) is 0 Å². The van der Waals surface area contributed by atoms with Crippen LogP contribution in [0.3, 0.4) is 0 Å². The SMILES string of the molecule is CCOC(=O)C1(C)CCCCN1C(=O)c1ccc(F)c(C)c1. The van der Waals surface area contributed by atoms with Crippen LogP contribution in [0.2, 0.25) is 0 Å². The van der Waals surface area contributed by atoms with Crippen LogP contribution in [0.15, 0.2) is 18.2 Å². The molecule has 1 aromatic carbocycles. The Morgan fingerprint density at radius 3 is 2.73 bits per heavy atom. The Morgan fingerprint density at radius 1 is 1.36 bits per heavy atom. The average molecular weight is 307 g/mol. The standard InChI is InChI=1S/C17H22FNO3/c1-4-22-16(21)17(3)9-5-6-10-19(17)15(20)13-7-8-14(18)12(2)11-13/h7-8,11H,4-6,9-10H2,1-3H3. The summed E-state index contributed by atoms with van der Waals surface area (Å²) in [5, 5.41) is 0. The zero-order chi connectivity index (χ0) is 16.3. The van der Waals surface area contributed by atoms with Crippen molar-refractivity contribution in [2.45, 2.75) is 45.6 Å². The van der Waals surface area contributed by atoms with Gasteiger partial charge in [-0.3, -0.25) is 4.79 Å². The Bertz CT molecular complexity index is 587. The molecule has 1 atom stereocenters. The summed E-state index contributed by atoms with van der Waals surface area (Å²) in [6.07, 6.45) is 2.31.